The fourth-order valence-electron chi connectivity index (χ4n) is 1.10. The zero-order valence-corrected chi connectivity index (χ0v) is 9.23. The van der Waals surface area contributed by atoms with Crippen LogP contribution in [0.4, 0.5) is 5.69 Å². The number of nitrogens with one attached hydrogen (secondary N) is 2. The fraction of sp³-hybridized carbons (Fsp3) is 0.111. The first-order valence-electron chi connectivity index (χ1n) is 4.27. The first-order chi connectivity index (χ1) is 7.27. The van der Waals surface area contributed by atoms with Crippen molar-refractivity contribution in [1.29, 1.82) is 0 Å². The van der Waals surface area contributed by atoms with Crippen LogP contribution in [0.2, 0.25) is 5.02 Å². The second-order valence-corrected chi connectivity index (χ2v) is 4.27. The second kappa shape index (κ2) is 4.46. The van der Waals surface area contributed by atoms with E-state index in [1.165, 1.54) is 11.1 Å². The van der Waals surface area contributed by atoms with Gasteiger partial charge in [0.25, 0.3) is 5.56 Å². The molecule has 2 heterocycles. The topological polar surface area (TPSA) is 57.8 Å². The number of anilines is 1. The molecule has 0 fully saturated rings. The number of thiophene rings is 1. The molecule has 0 radical (unpaired) electrons. The van der Waals surface area contributed by atoms with E-state index in [0.29, 0.717) is 12.2 Å². The molecular weight excluding hydrogens is 234 g/mol. The van der Waals surface area contributed by atoms with E-state index in [9.17, 15) is 4.79 Å². The van der Waals surface area contributed by atoms with Crippen LogP contribution in [-0.4, -0.2) is 10.2 Å². The molecule has 0 spiro atoms. The molecular formula is C9H8ClN3OS. The first kappa shape index (κ1) is 10.2. The summed E-state index contributed by atoms with van der Waals surface area (Å²) in [6.07, 6.45) is 1.50. The predicted molar refractivity (Wildman–Crippen MR) is 61.5 cm³/mol. The predicted octanol–water partition coefficient (Wildman–Crippen LogP) is 2.10. The minimum atomic E-state index is -0.382. The lowest BCUT2D eigenvalue weighted by atomic mass is 10.4. The third kappa shape index (κ3) is 2.37. The Labute approximate surface area is 94.9 Å². The summed E-state index contributed by atoms with van der Waals surface area (Å²) in [7, 11) is 0. The SMILES string of the molecule is O=c1[nH]ncc(NCc2cccs2)c1Cl. The number of hydrogen-bond donors (Lipinski definition) is 2. The minimum Gasteiger partial charge on any atom is -0.377 e. The molecule has 0 aliphatic rings. The van der Waals surface area contributed by atoms with Crippen molar-refractivity contribution < 1.29 is 0 Å². The molecule has 0 atom stereocenters. The maximum Gasteiger partial charge on any atom is 0.285 e. The molecule has 78 valence electrons. The van der Waals surface area contributed by atoms with Gasteiger partial charge in [0.15, 0.2) is 0 Å². The molecule has 0 aromatic carbocycles. The van der Waals surface area contributed by atoms with Gasteiger partial charge in [-0.15, -0.1) is 11.3 Å². The Morgan fingerprint density at radius 1 is 1.60 bits per heavy atom. The van der Waals surface area contributed by atoms with E-state index in [4.69, 9.17) is 11.6 Å². The third-order valence-electron chi connectivity index (χ3n) is 1.83. The molecule has 0 amide bonds. The molecule has 15 heavy (non-hydrogen) atoms. The van der Waals surface area contributed by atoms with Crippen LogP contribution < -0.4 is 10.9 Å². The summed E-state index contributed by atoms with van der Waals surface area (Å²) >= 11 is 7.43. The lowest BCUT2D eigenvalue weighted by Crippen LogP contribution is -2.11. The van der Waals surface area contributed by atoms with Crippen LogP contribution in [0.25, 0.3) is 0 Å². The summed E-state index contributed by atoms with van der Waals surface area (Å²) in [5, 5.41) is 11.1. The van der Waals surface area contributed by atoms with Crippen LogP contribution in [0.15, 0.2) is 28.5 Å². The van der Waals surface area contributed by atoms with E-state index in [1.54, 1.807) is 11.3 Å². The normalized spacial score (nSPS) is 10.2. The molecule has 0 saturated heterocycles. The minimum absolute atomic E-state index is 0.140. The number of nitrogens with zero attached hydrogens (tertiary/aromatic N) is 1. The van der Waals surface area contributed by atoms with Gasteiger partial charge in [-0.25, -0.2) is 5.10 Å². The van der Waals surface area contributed by atoms with Crippen LogP contribution in [0.1, 0.15) is 4.88 Å². The summed E-state index contributed by atoms with van der Waals surface area (Å²) in [6, 6.07) is 3.98. The molecule has 2 rings (SSSR count). The van der Waals surface area contributed by atoms with Gasteiger partial charge in [0.2, 0.25) is 0 Å². The number of aromatic amines is 1. The van der Waals surface area contributed by atoms with Gasteiger partial charge >= 0.3 is 0 Å². The fourth-order valence-corrected chi connectivity index (χ4v) is 1.90. The van der Waals surface area contributed by atoms with E-state index < -0.39 is 0 Å². The van der Waals surface area contributed by atoms with Crippen LogP contribution in [0, 0.1) is 0 Å². The number of halogens is 1. The first-order valence-corrected chi connectivity index (χ1v) is 5.52. The molecule has 0 aliphatic carbocycles. The van der Waals surface area contributed by atoms with Crippen molar-refractivity contribution in [3.8, 4) is 0 Å². The van der Waals surface area contributed by atoms with Crippen molar-refractivity contribution in [3.63, 3.8) is 0 Å². The van der Waals surface area contributed by atoms with Gasteiger partial charge < -0.3 is 5.32 Å². The van der Waals surface area contributed by atoms with Gasteiger partial charge in [0.1, 0.15) is 5.02 Å². The summed E-state index contributed by atoms with van der Waals surface area (Å²) in [5.74, 6) is 0. The van der Waals surface area contributed by atoms with E-state index >= 15 is 0 Å². The highest BCUT2D eigenvalue weighted by molar-refractivity contribution is 7.09. The summed E-state index contributed by atoms with van der Waals surface area (Å²) in [5.41, 5.74) is 0.168. The van der Waals surface area contributed by atoms with Crippen molar-refractivity contribution >= 4 is 28.6 Å². The average molecular weight is 242 g/mol. The maximum atomic E-state index is 11.1. The largest absolute Gasteiger partial charge is 0.377 e. The highest BCUT2D eigenvalue weighted by atomic mass is 35.5. The van der Waals surface area contributed by atoms with Gasteiger partial charge in [-0.3, -0.25) is 4.79 Å². The number of H-pyrrole nitrogens is 1. The van der Waals surface area contributed by atoms with Crippen molar-refractivity contribution in [2.75, 3.05) is 5.32 Å². The van der Waals surface area contributed by atoms with Gasteiger partial charge in [-0.05, 0) is 11.4 Å². The lowest BCUT2D eigenvalue weighted by Gasteiger charge is -2.04. The van der Waals surface area contributed by atoms with Gasteiger partial charge in [-0.2, -0.15) is 5.10 Å². The third-order valence-corrected chi connectivity index (χ3v) is 3.08. The molecule has 4 nitrogen and oxygen atoms in total. The van der Waals surface area contributed by atoms with Crippen LogP contribution >= 0.6 is 22.9 Å². The van der Waals surface area contributed by atoms with E-state index in [-0.39, 0.29) is 10.6 Å². The Balaban J connectivity index is 2.12. The Morgan fingerprint density at radius 3 is 3.20 bits per heavy atom. The standard InChI is InChI=1S/C9H8ClN3OS/c10-8-7(5-12-13-9(8)14)11-4-6-2-1-3-15-6/h1-3,5H,4H2,(H2,11,13,14). The Bertz CT molecular complexity index is 494. The number of hydrogen-bond acceptors (Lipinski definition) is 4. The summed E-state index contributed by atoms with van der Waals surface area (Å²) < 4.78 is 0. The Hall–Kier alpha value is -1.33. The maximum absolute atomic E-state index is 11.1. The molecule has 0 saturated carbocycles. The molecule has 2 N–H and O–H groups in total. The molecule has 0 aliphatic heterocycles. The highest BCUT2D eigenvalue weighted by Crippen LogP contribution is 2.17. The number of rotatable bonds is 3. The molecule has 2 aromatic heterocycles. The van der Waals surface area contributed by atoms with E-state index in [1.807, 2.05) is 17.5 Å². The van der Waals surface area contributed by atoms with Crippen LogP contribution in [-0.2, 0) is 6.54 Å². The van der Waals surface area contributed by atoms with E-state index in [0.717, 1.165) is 0 Å². The summed E-state index contributed by atoms with van der Waals surface area (Å²) in [4.78, 5) is 12.3. The Morgan fingerprint density at radius 2 is 2.47 bits per heavy atom. The van der Waals surface area contributed by atoms with Crippen molar-refractivity contribution in [2.24, 2.45) is 0 Å². The molecule has 2 aromatic rings. The second-order valence-electron chi connectivity index (χ2n) is 2.86. The zero-order valence-electron chi connectivity index (χ0n) is 7.66. The Kier molecular flexibility index (Phi) is 3.03. The quantitative estimate of drug-likeness (QED) is 0.865. The summed E-state index contributed by atoms with van der Waals surface area (Å²) in [6.45, 7) is 0.641. The van der Waals surface area contributed by atoms with E-state index in [2.05, 4.69) is 15.5 Å². The van der Waals surface area contributed by atoms with Crippen molar-refractivity contribution in [3.05, 3.63) is 44.0 Å². The molecule has 0 unspecified atom stereocenters. The van der Waals surface area contributed by atoms with Crippen LogP contribution in [0.3, 0.4) is 0 Å². The average Bonchev–Trinajstić information content (AvgIpc) is 2.73. The van der Waals surface area contributed by atoms with Gasteiger partial charge in [0, 0.05) is 11.4 Å². The molecule has 0 bridgehead atoms. The lowest BCUT2D eigenvalue weighted by molar-refractivity contribution is 0.983. The molecule has 6 heteroatoms. The smallest absolute Gasteiger partial charge is 0.285 e. The van der Waals surface area contributed by atoms with Gasteiger partial charge in [0.05, 0.1) is 11.9 Å². The van der Waals surface area contributed by atoms with Gasteiger partial charge in [-0.1, -0.05) is 17.7 Å². The zero-order chi connectivity index (χ0) is 10.7. The number of aromatic nitrogens is 2. The highest BCUT2D eigenvalue weighted by Gasteiger charge is 2.04. The van der Waals surface area contributed by atoms with Crippen LogP contribution in [0.5, 0.6) is 0 Å². The van der Waals surface area contributed by atoms with Crippen molar-refractivity contribution in [2.45, 2.75) is 6.54 Å². The monoisotopic (exact) mass is 241 g/mol. The van der Waals surface area contributed by atoms with Crippen molar-refractivity contribution in [1.82, 2.24) is 10.2 Å².